The van der Waals surface area contributed by atoms with E-state index < -0.39 is 15.9 Å². The van der Waals surface area contributed by atoms with E-state index in [0.29, 0.717) is 18.8 Å². The molecule has 1 aromatic rings. The number of nitrogens with one attached hydrogen (secondary N) is 4. The number of nitrogens with zero attached hydrogens (tertiary/aromatic N) is 1. The molecule has 1 saturated heterocycles. The smallest absolute Gasteiger partial charge is 0.253 e. The maximum absolute atomic E-state index is 12.5. The highest BCUT2D eigenvalue weighted by Gasteiger charge is 2.16. The molecule has 144 valence electrons. The molecule has 1 heterocycles. The largest absolute Gasteiger partial charge is 0.351 e. The third-order valence-electron chi connectivity index (χ3n) is 3.80. The average molecular weight is 383 g/mol. The van der Waals surface area contributed by atoms with Crippen LogP contribution in [0.3, 0.4) is 0 Å². The lowest BCUT2D eigenvalue weighted by Crippen LogP contribution is -2.46. The van der Waals surface area contributed by atoms with Gasteiger partial charge in [-0.25, -0.2) is 8.42 Å². The van der Waals surface area contributed by atoms with Gasteiger partial charge in [-0.1, -0.05) is 0 Å². The van der Waals surface area contributed by atoms with Gasteiger partial charge in [0.25, 0.3) is 5.91 Å². The van der Waals surface area contributed by atoms with Crippen LogP contribution in [-0.4, -0.2) is 70.7 Å². The molecule has 2 amide bonds. The zero-order valence-corrected chi connectivity index (χ0v) is 15.8. The summed E-state index contributed by atoms with van der Waals surface area (Å²) in [6.45, 7) is 6.22. The second-order valence-electron chi connectivity index (χ2n) is 6.16. The maximum atomic E-state index is 12.5. The van der Waals surface area contributed by atoms with Crippen LogP contribution < -0.4 is 20.7 Å². The summed E-state index contributed by atoms with van der Waals surface area (Å²) in [7, 11) is -3.54. The Kier molecular flexibility index (Phi) is 6.95. The zero-order valence-electron chi connectivity index (χ0n) is 15.0. The Balaban J connectivity index is 2.08. The average Bonchev–Trinajstić information content (AvgIpc) is 2.55. The second kappa shape index (κ2) is 8.97. The van der Waals surface area contributed by atoms with Gasteiger partial charge < -0.3 is 16.0 Å². The van der Waals surface area contributed by atoms with Crippen LogP contribution in [0.4, 0.5) is 11.4 Å². The Hall–Kier alpha value is -2.17. The van der Waals surface area contributed by atoms with Crippen molar-refractivity contribution in [1.29, 1.82) is 0 Å². The van der Waals surface area contributed by atoms with Crippen molar-refractivity contribution in [2.45, 2.75) is 6.92 Å². The first kappa shape index (κ1) is 20.1. The van der Waals surface area contributed by atoms with Crippen molar-refractivity contribution in [3.63, 3.8) is 0 Å². The molecule has 4 N–H and O–H groups in total. The zero-order chi connectivity index (χ0) is 19.2. The number of hydrogen-bond acceptors (Lipinski definition) is 6. The molecule has 2 rings (SSSR count). The van der Waals surface area contributed by atoms with Gasteiger partial charge in [0.2, 0.25) is 15.9 Å². The summed E-state index contributed by atoms with van der Waals surface area (Å²) in [5.74, 6) is -0.683. The molecule has 0 spiro atoms. The van der Waals surface area contributed by atoms with Crippen LogP contribution in [0.2, 0.25) is 0 Å². The van der Waals surface area contributed by atoms with Gasteiger partial charge in [-0.2, -0.15) is 0 Å². The highest BCUT2D eigenvalue weighted by Crippen LogP contribution is 2.21. The van der Waals surface area contributed by atoms with Gasteiger partial charge in [-0.3, -0.25) is 19.2 Å². The minimum atomic E-state index is -3.54. The molecule has 26 heavy (non-hydrogen) atoms. The van der Waals surface area contributed by atoms with E-state index in [1.54, 1.807) is 0 Å². The minimum Gasteiger partial charge on any atom is -0.351 e. The summed E-state index contributed by atoms with van der Waals surface area (Å²) in [6, 6.07) is 4.44. The quantitative estimate of drug-likeness (QED) is 0.511. The maximum Gasteiger partial charge on any atom is 0.253 e. The molecule has 1 fully saturated rings. The molecule has 1 aliphatic heterocycles. The fourth-order valence-electron chi connectivity index (χ4n) is 2.66. The van der Waals surface area contributed by atoms with E-state index in [1.165, 1.54) is 25.1 Å². The first-order chi connectivity index (χ1) is 12.2. The van der Waals surface area contributed by atoms with Gasteiger partial charge in [-0.15, -0.1) is 0 Å². The van der Waals surface area contributed by atoms with Crippen molar-refractivity contribution >= 4 is 33.2 Å². The molecule has 0 saturated carbocycles. The van der Waals surface area contributed by atoms with Crippen LogP contribution in [0.15, 0.2) is 18.2 Å². The molecule has 1 aliphatic rings. The molecular weight excluding hydrogens is 358 g/mol. The SMILES string of the molecule is CC(=O)Nc1ccc(NS(C)(=O)=O)c(C(=O)NCCN2CCNCC2)c1. The van der Waals surface area contributed by atoms with Gasteiger partial charge in [0.15, 0.2) is 0 Å². The van der Waals surface area contributed by atoms with Gasteiger partial charge in [0.05, 0.1) is 17.5 Å². The summed E-state index contributed by atoms with van der Waals surface area (Å²) in [6.07, 6.45) is 1.01. The number of hydrogen-bond donors (Lipinski definition) is 4. The summed E-state index contributed by atoms with van der Waals surface area (Å²) < 4.78 is 25.4. The number of benzene rings is 1. The molecule has 0 aromatic heterocycles. The van der Waals surface area contributed by atoms with Crippen LogP contribution in [0, 0.1) is 0 Å². The fourth-order valence-corrected chi connectivity index (χ4v) is 3.24. The highest BCUT2D eigenvalue weighted by molar-refractivity contribution is 7.92. The molecule has 0 unspecified atom stereocenters. The van der Waals surface area contributed by atoms with Crippen molar-refractivity contribution in [2.75, 3.05) is 55.6 Å². The van der Waals surface area contributed by atoms with Gasteiger partial charge in [0.1, 0.15) is 0 Å². The number of piperazine rings is 1. The lowest BCUT2D eigenvalue weighted by Gasteiger charge is -2.27. The molecule has 1 aromatic carbocycles. The van der Waals surface area contributed by atoms with Crippen molar-refractivity contribution in [3.05, 3.63) is 23.8 Å². The van der Waals surface area contributed by atoms with Crippen molar-refractivity contribution in [3.8, 4) is 0 Å². The van der Waals surface area contributed by atoms with Crippen LogP contribution in [-0.2, 0) is 14.8 Å². The number of amides is 2. The Labute approximate surface area is 153 Å². The van der Waals surface area contributed by atoms with E-state index >= 15 is 0 Å². The minimum absolute atomic E-state index is 0.155. The summed E-state index contributed by atoms with van der Waals surface area (Å²) in [4.78, 5) is 26.0. The second-order valence-corrected chi connectivity index (χ2v) is 7.91. The summed E-state index contributed by atoms with van der Waals surface area (Å²) in [5, 5.41) is 8.65. The molecule has 9 nitrogen and oxygen atoms in total. The molecule has 10 heteroatoms. The van der Waals surface area contributed by atoms with E-state index in [2.05, 4.69) is 25.6 Å². The van der Waals surface area contributed by atoms with E-state index in [-0.39, 0.29) is 17.2 Å². The van der Waals surface area contributed by atoms with E-state index in [1.807, 2.05) is 0 Å². The third-order valence-corrected chi connectivity index (χ3v) is 4.39. The number of sulfonamides is 1. The van der Waals surface area contributed by atoms with E-state index in [4.69, 9.17) is 0 Å². The van der Waals surface area contributed by atoms with Crippen molar-refractivity contribution < 1.29 is 18.0 Å². The van der Waals surface area contributed by atoms with Gasteiger partial charge >= 0.3 is 0 Å². The van der Waals surface area contributed by atoms with Crippen LogP contribution in [0.25, 0.3) is 0 Å². The number of carbonyl (C=O) groups is 2. The van der Waals surface area contributed by atoms with Crippen LogP contribution in [0.5, 0.6) is 0 Å². The highest BCUT2D eigenvalue weighted by atomic mass is 32.2. The normalized spacial score (nSPS) is 15.3. The first-order valence-electron chi connectivity index (χ1n) is 8.35. The Morgan fingerprint density at radius 1 is 1.23 bits per heavy atom. The van der Waals surface area contributed by atoms with Crippen molar-refractivity contribution in [1.82, 2.24) is 15.5 Å². The molecule has 0 aliphatic carbocycles. The first-order valence-corrected chi connectivity index (χ1v) is 10.2. The molecular formula is C16H25N5O4S. The monoisotopic (exact) mass is 383 g/mol. The number of rotatable bonds is 7. The van der Waals surface area contributed by atoms with Crippen LogP contribution >= 0.6 is 0 Å². The molecule has 0 radical (unpaired) electrons. The van der Waals surface area contributed by atoms with Crippen LogP contribution in [0.1, 0.15) is 17.3 Å². The predicted molar refractivity (Wildman–Crippen MR) is 101 cm³/mol. The van der Waals surface area contributed by atoms with E-state index in [9.17, 15) is 18.0 Å². The topological polar surface area (TPSA) is 120 Å². The van der Waals surface area contributed by atoms with Crippen molar-refractivity contribution in [2.24, 2.45) is 0 Å². The molecule has 0 bridgehead atoms. The predicted octanol–water partition coefficient (Wildman–Crippen LogP) is -0.348. The standard InChI is InChI=1S/C16H25N5O4S/c1-12(22)19-13-3-4-15(20-26(2,24)25)14(11-13)16(23)18-7-10-21-8-5-17-6-9-21/h3-4,11,17,20H,5-10H2,1-2H3,(H,18,23)(H,19,22). The number of anilines is 2. The summed E-state index contributed by atoms with van der Waals surface area (Å²) >= 11 is 0. The van der Waals surface area contributed by atoms with E-state index in [0.717, 1.165) is 32.4 Å². The molecule has 0 atom stereocenters. The van der Waals surface area contributed by atoms with Gasteiger partial charge in [-0.05, 0) is 18.2 Å². The Morgan fingerprint density at radius 3 is 2.54 bits per heavy atom. The number of carbonyl (C=O) groups excluding carboxylic acids is 2. The fraction of sp³-hybridized carbons (Fsp3) is 0.500. The lowest BCUT2D eigenvalue weighted by atomic mass is 10.1. The Bertz CT molecular complexity index is 760. The third kappa shape index (κ3) is 6.62. The lowest BCUT2D eigenvalue weighted by molar-refractivity contribution is -0.114. The van der Waals surface area contributed by atoms with Gasteiger partial charge in [0, 0.05) is 51.9 Å². The Morgan fingerprint density at radius 2 is 1.92 bits per heavy atom. The summed E-state index contributed by atoms with van der Waals surface area (Å²) in [5.41, 5.74) is 0.743.